The lowest BCUT2D eigenvalue weighted by atomic mass is 10.1. The van der Waals surface area contributed by atoms with Gasteiger partial charge in [-0.2, -0.15) is 5.10 Å². The summed E-state index contributed by atoms with van der Waals surface area (Å²) in [6, 6.07) is 8.84. The summed E-state index contributed by atoms with van der Waals surface area (Å²) in [5.41, 5.74) is 3.34. The Kier molecular flexibility index (Phi) is 5.32. The number of aromatic nitrogens is 3. The first-order valence-electron chi connectivity index (χ1n) is 11.6. The average Bonchev–Trinajstić information content (AvgIpc) is 3.31. The highest BCUT2D eigenvalue weighted by Crippen LogP contribution is 2.50. The average molecular weight is 499 g/mol. The van der Waals surface area contributed by atoms with Crippen molar-refractivity contribution in [3.8, 4) is 5.69 Å². The van der Waals surface area contributed by atoms with Crippen LogP contribution >= 0.6 is 23.2 Å². The lowest BCUT2D eigenvalue weighted by Gasteiger charge is -2.40. The number of halogens is 2. The standard InChI is InChI=1S/C25H24Cl2N4O3/c26-19-2-1-3-20(27)23(19)31-22(18(12-29-31)16-4-5-16)14-34-25-9-8-15(10-25)13-30(25)17-6-7-21(24(32)33)28-11-17/h1-3,6-7,11-12,15-16H,4-5,8-10,13-14H2,(H,32,33). The van der Waals surface area contributed by atoms with Crippen molar-refractivity contribution in [3.63, 3.8) is 0 Å². The minimum Gasteiger partial charge on any atom is -0.477 e. The van der Waals surface area contributed by atoms with Gasteiger partial charge in [0.1, 0.15) is 17.1 Å². The summed E-state index contributed by atoms with van der Waals surface area (Å²) in [4.78, 5) is 17.6. The fraction of sp³-hybridized carbons (Fsp3) is 0.400. The molecule has 3 heterocycles. The van der Waals surface area contributed by atoms with Crippen molar-refractivity contribution < 1.29 is 14.6 Å². The molecular formula is C25H24Cl2N4O3. The number of rotatable bonds is 7. The van der Waals surface area contributed by atoms with Crippen molar-refractivity contribution in [3.05, 3.63) is 69.7 Å². The number of fused-ring (bicyclic) bond motifs is 2. The Balaban J connectivity index is 1.32. The second-order valence-corrected chi connectivity index (χ2v) is 10.3. The number of piperidine rings is 1. The van der Waals surface area contributed by atoms with Gasteiger partial charge in [0.2, 0.25) is 0 Å². The summed E-state index contributed by atoms with van der Waals surface area (Å²) in [5, 5.41) is 15.0. The number of carboxylic acid groups (broad SMARTS) is 1. The van der Waals surface area contributed by atoms with Crippen LogP contribution in [0.4, 0.5) is 5.69 Å². The molecule has 2 unspecified atom stereocenters. The number of nitrogens with zero attached hydrogens (tertiary/aromatic N) is 4. The zero-order chi connectivity index (χ0) is 23.4. The number of ether oxygens (including phenoxy) is 1. The SMILES string of the molecule is O=C(O)c1ccc(N2CC3CCC2(OCc2c(C4CC4)cnn2-c2c(Cl)cccc2Cl)C3)cn1. The molecule has 2 aliphatic carbocycles. The van der Waals surface area contributed by atoms with Crippen LogP contribution in [0, 0.1) is 5.92 Å². The van der Waals surface area contributed by atoms with Gasteiger partial charge in [-0.05, 0) is 73.8 Å². The predicted octanol–water partition coefficient (Wildman–Crippen LogP) is 5.68. The van der Waals surface area contributed by atoms with Crippen LogP contribution in [0.25, 0.3) is 5.69 Å². The summed E-state index contributed by atoms with van der Waals surface area (Å²) >= 11 is 13.0. The Morgan fingerprint density at radius 3 is 2.59 bits per heavy atom. The fourth-order valence-electron chi connectivity index (χ4n) is 5.49. The van der Waals surface area contributed by atoms with E-state index in [4.69, 9.17) is 27.9 Å². The van der Waals surface area contributed by atoms with E-state index in [0.717, 1.165) is 50.0 Å². The summed E-state index contributed by atoms with van der Waals surface area (Å²) in [6.07, 6.45) is 8.82. The smallest absolute Gasteiger partial charge is 0.354 e. The topological polar surface area (TPSA) is 80.5 Å². The third-order valence-electron chi connectivity index (χ3n) is 7.31. The van der Waals surface area contributed by atoms with Crippen molar-refractivity contribution >= 4 is 34.9 Å². The first kappa shape index (κ1) is 21.9. The minimum absolute atomic E-state index is 0.0395. The third kappa shape index (κ3) is 3.67. The van der Waals surface area contributed by atoms with Gasteiger partial charge in [-0.1, -0.05) is 29.3 Å². The lowest BCUT2D eigenvalue weighted by molar-refractivity contribution is -0.0471. The Hall–Kier alpha value is -2.61. The van der Waals surface area contributed by atoms with E-state index < -0.39 is 11.7 Å². The molecule has 7 nitrogen and oxygen atoms in total. The van der Waals surface area contributed by atoms with E-state index in [1.54, 1.807) is 12.3 Å². The van der Waals surface area contributed by atoms with E-state index in [-0.39, 0.29) is 5.69 Å². The molecule has 1 aromatic carbocycles. The molecule has 3 aromatic rings. The number of benzene rings is 1. The van der Waals surface area contributed by atoms with Gasteiger partial charge in [0, 0.05) is 6.54 Å². The highest BCUT2D eigenvalue weighted by Gasteiger charge is 2.52. The highest BCUT2D eigenvalue weighted by atomic mass is 35.5. The number of hydrogen-bond donors (Lipinski definition) is 1. The number of para-hydroxylation sites is 1. The maximum absolute atomic E-state index is 11.2. The normalized spacial score (nSPS) is 23.6. The number of hydrogen-bond acceptors (Lipinski definition) is 5. The van der Waals surface area contributed by atoms with Crippen LogP contribution in [0.5, 0.6) is 0 Å². The van der Waals surface area contributed by atoms with Crippen LogP contribution in [0.3, 0.4) is 0 Å². The van der Waals surface area contributed by atoms with Gasteiger partial charge >= 0.3 is 5.97 Å². The molecule has 2 atom stereocenters. The van der Waals surface area contributed by atoms with E-state index in [1.165, 1.54) is 5.56 Å². The van der Waals surface area contributed by atoms with Crippen LogP contribution in [0.1, 0.15) is 59.8 Å². The van der Waals surface area contributed by atoms with Gasteiger partial charge in [0.15, 0.2) is 0 Å². The molecule has 6 rings (SSSR count). The number of aromatic carboxylic acids is 1. The summed E-state index contributed by atoms with van der Waals surface area (Å²) in [7, 11) is 0. The maximum Gasteiger partial charge on any atom is 0.354 e. The van der Waals surface area contributed by atoms with Gasteiger partial charge in [-0.15, -0.1) is 0 Å². The maximum atomic E-state index is 11.2. The summed E-state index contributed by atoms with van der Waals surface area (Å²) < 4.78 is 8.60. The zero-order valence-corrected chi connectivity index (χ0v) is 20.0. The monoisotopic (exact) mass is 498 g/mol. The molecule has 2 aromatic heterocycles. The first-order chi connectivity index (χ1) is 16.4. The quantitative estimate of drug-likeness (QED) is 0.451. The molecule has 176 valence electrons. The number of pyridine rings is 1. The Bertz CT molecular complexity index is 1240. The Morgan fingerprint density at radius 1 is 1.15 bits per heavy atom. The van der Waals surface area contributed by atoms with Gasteiger partial charge in [-0.3, -0.25) is 0 Å². The van der Waals surface area contributed by atoms with Crippen LogP contribution in [0.2, 0.25) is 10.0 Å². The molecule has 3 aliphatic rings. The minimum atomic E-state index is -1.03. The molecule has 3 fully saturated rings. The summed E-state index contributed by atoms with van der Waals surface area (Å²) in [5.74, 6) is 0.0133. The second kappa shape index (κ2) is 8.26. The number of carbonyl (C=O) groups is 1. The number of anilines is 1. The fourth-order valence-corrected chi connectivity index (χ4v) is 6.04. The van der Waals surface area contributed by atoms with Crippen molar-refractivity contribution in [1.29, 1.82) is 0 Å². The largest absolute Gasteiger partial charge is 0.477 e. The predicted molar refractivity (Wildman–Crippen MR) is 129 cm³/mol. The van der Waals surface area contributed by atoms with E-state index in [1.807, 2.05) is 35.1 Å². The van der Waals surface area contributed by atoms with E-state index in [2.05, 4.69) is 15.0 Å². The number of carboxylic acids is 1. The van der Waals surface area contributed by atoms with E-state index in [9.17, 15) is 9.90 Å². The van der Waals surface area contributed by atoms with Crippen LogP contribution < -0.4 is 4.90 Å². The molecule has 1 aliphatic heterocycles. The molecular weight excluding hydrogens is 475 g/mol. The molecule has 1 saturated heterocycles. The van der Waals surface area contributed by atoms with Gasteiger partial charge in [0.05, 0.1) is 40.4 Å². The van der Waals surface area contributed by atoms with Crippen LogP contribution in [0.15, 0.2) is 42.7 Å². The molecule has 9 heteroatoms. The van der Waals surface area contributed by atoms with Gasteiger partial charge < -0.3 is 14.7 Å². The van der Waals surface area contributed by atoms with Crippen LogP contribution in [-0.2, 0) is 11.3 Å². The molecule has 1 N–H and O–H groups in total. The molecule has 0 spiro atoms. The van der Waals surface area contributed by atoms with E-state index >= 15 is 0 Å². The zero-order valence-electron chi connectivity index (χ0n) is 18.5. The molecule has 2 bridgehead atoms. The molecule has 0 radical (unpaired) electrons. The lowest BCUT2D eigenvalue weighted by Crippen LogP contribution is -2.47. The third-order valence-corrected chi connectivity index (χ3v) is 7.92. The van der Waals surface area contributed by atoms with E-state index in [0.29, 0.717) is 34.2 Å². The molecule has 2 saturated carbocycles. The Morgan fingerprint density at radius 2 is 1.94 bits per heavy atom. The highest BCUT2D eigenvalue weighted by molar-refractivity contribution is 6.37. The second-order valence-electron chi connectivity index (χ2n) is 9.46. The van der Waals surface area contributed by atoms with Crippen molar-refractivity contribution in [2.24, 2.45) is 5.92 Å². The summed E-state index contributed by atoms with van der Waals surface area (Å²) in [6.45, 7) is 1.26. The van der Waals surface area contributed by atoms with Crippen molar-refractivity contribution in [2.75, 3.05) is 11.4 Å². The van der Waals surface area contributed by atoms with Gasteiger partial charge in [0.25, 0.3) is 0 Å². The first-order valence-corrected chi connectivity index (χ1v) is 12.3. The van der Waals surface area contributed by atoms with Crippen molar-refractivity contribution in [1.82, 2.24) is 14.8 Å². The molecule has 34 heavy (non-hydrogen) atoms. The molecule has 0 amide bonds. The van der Waals surface area contributed by atoms with Crippen molar-refractivity contribution in [2.45, 2.75) is 50.4 Å². The van der Waals surface area contributed by atoms with Gasteiger partial charge in [-0.25, -0.2) is 14.5 Å². The van der Waals surface area contributed by atoms with Crippen LogP contribution in [-0.4, -0.2) is 38.1 Å². The Labute approximate surface area is 207 Å².